The quantitative estimate of drug-likeness (QED) is 0.588. The van der Waals surface area contributed by atoms with Crippen LogP contribution in [0.15, 0.2) is 35.2 Å². The summed E-state index contributed by atoms with van der Waals surface area (Å²) in [6, 6.07) is 5.80. The van der Waals surface area contributed by atoms with Crippen molar-refractivity contribution in [2.24, 2.45) is 5.92 Å². The summed E-state index contributed by atoms with van der Waals surface area (Å²) in [6.45, 7) is 1.98. The number of benzene rings is 2. The zero-order valence-electron chi connectivity index (χ0n) is 18.2. The second-order valence-corrected chi connectivity index (χ2v) is 11.0. The maximum Gasteiger partial charge on any atom is 0.264 e. The van der Waals surface area contributed by atoms with E-state index in [-0.39, 0.29) is 5.91 Å². The Hall–Kier alpha value is -2.52. The molecule has 0 bridgehead atoms. The van der Waals surface area contributed by atoms with Crippen molar-refractivity contribution in [1.29, 1.82) is 0 Å². The van der Waals surface area contributed by atoms with Gasteiger partial charge in [0.2, 0.25) is 5.91 Å². The van der Waals surface area contributed by atoms with Crippen LogP contribution in [0.25, 0.3) is 0 Å². The molecule has 176 valence electrons. The third kappa shape index (κ3) is 4.01. The van der Waals surface area contributed by atoms with Crippen LogP contribution in [-0.2, 0) is 26.7 Å². The van der Waals surface area contributed by atoms with Crippen LogP contribution in [0.5, 0.6) is 0 Å². The zero-order chi connectivity index (χ0) is 23.2. The Morgan fingerprint density at radius 3 is 2.52 bits per heavy atom. The molecule has 33 heavy (non-hydrogen) atoms. The summed E-state index contributed by atoms with van der Waals surface area (Å²) in [5.41, 5.74) is 2.19. The molecule has 1 spiro atoms. The topological polar surface area (TPSA) is 87.3 Å². The molecule has 0 atom stereocenters. The average Bonchev–Trinajstić information content (AvgIpc) is 3.04. The first-order valence-corrected chi connectivity index (χ1v) is 12.9. The molecule has 2 aliphatic heterocycles. The molecule has 6 nitrogen and oxygen atoms in total. The number of piperidine rings is 1. The van der Waals surface area contributed by atoms with Crippen molar-refractivity contribution in [2.75, 3.05) is 23.1 Å². The van der Waals surface area contributed by atoms with Gasteiger partial charge in [-0.25, -0.2) is 17.2 Å². The van der Waals surface area contributed by atoms with E-state index < -0.39 is 32.0 Å². The number of fused-ring (bicyclic) bond motifs is 2. The number of anilines is 2. The Labute approximate surface area is 192 Å². The van der Waals surface area contributed by atoms with E-state index >= 15 is 0 Å². The van der Waals surface area contributed by atoms with E-state index in [1.165, 1.54) is 0 Å². The van der Waals surface area contributed by atoms with Gasteiger partial charge in [0, 0.05) is 17.4 Å². The smallest absolute Gasteiger partial charge is 0.264 e. The molecule has 0 aromatic heterocycles. The van der Waals surface area contributed by atoms with Crippen molar-refractivity contribution in [1.82, 2.24) is 5.32 Å². The second kappa shape index (κ2) is 8.36. The van der Waals surface area contributed by atoms with E-state index in [9.17, 15) is 22.0 Å². The van der Waals surface area contributed by atoms with Gasteiger partial charge < -0.3 is 10.6 Å². The summed E-state index contributed by atoms with van der Waals surface area (Å²) in [6.07, 6.45) is 6.23. The SMILES string of the molecule is O=C1Nc2c(CCC3CCNCC3)cc(NS(=O)(=O)c3ccc(F)cc3F)cc2C12CCC2. The summed E-state index contributed by atoms with van der Waals surface area (Å²) in [5, 5.41) is 6.41. The first-order valence-electron chi connectivity index (χ1n) is 11.5. The fourth-order valence-electron chi connectivity index (χ4n) is 5.30. The molecule has 9 heteroatoms. The van der Waals surface area contributed by atoms with E-state index in [0.29, 0.717) is 24.1 Å². The summed E-state index contributed by atoms with van der Waals surface area (Å²) < 4.78 is 55.7. The van der Waals surface area contributed by atoms with Gasteiger partial charge in [0.15, 0.2) is 0 Å². The van der Waals surface area contributed by atoms with Crippen LogP contribution in [0.2, 0.25) is 0 Å². The van der Waals surface area contributed by atoms with Crippen LogP contribution >= 0.6 is 0 Å². The highest BCUT2D eigenvalue weighted by Crippen LogP contribution is 2.53. The molecule has 2 aromatic rings. The Bertz CT molecular complexity index is 1210. The molecule has 1 aliphatic carbocycles. The van der Waals surface area contributed by atoms with Crippen molar-refractivity contribution in [3.8, 4) is 0 Å². The van der Waals surface area contributed by atoms with Gasteiger partial charge >= 0.3 is 0 Å². The van der Waals surface area contributed by atoms with E-state index in [4.69, 9.17) is 0 Å². The van der Waals surface area contributed by atoms with Gasteiger partial charge in [-0.05, 0) is 92.9 Å². The van der Waals surface area contributed by atoms with Crippen LogP contribution in [0.4, 0.5) is 20.2 Å². The number of carbonyl (C=O) groups is 1. The third-order valence-electron chi connectivity index (χ3n) is 7.33. The molecular weight excluding hydrogens is 448 g/mol. The lowest BCUT2D eigenvalue weighted by Crippen LogP contribution is -2.40. The molecule has 0 radical (unpaired) electrons. The molecule has 2 aromatic carbocycles. The van der Waals surface area contributed by atoms with Crippen LogP contribution < -0.4 is 15.4 Å². The summed E-state index contributed by atoms with van der Waals surface area (Å²) in [5.74, 6) is -1.45. The van der Waals surface area contributed by atoms with Crippen LogP contribution in [-0.4, -0.2) is 27.4 Å². The summed E-state index contributed by atoms with van der Waals surface area (Å²) >= 11 is 0. The van der Waals surface area contributed by atoms with E-state index in [1.807, 2.05) is 0 Å². The van der Waals surface area contributed by atoms with Crippen molar-refractivity contribution < 1.29 is 22.0 Å². The van der Waals surface area contributed by atoms with Gasteiger partial charge in [-0.15, -0.1) is 0 Å². The molecule has 3 N–H and O–H groups in total. The van der Waals surface area contributed by atoms with Crippen molar-refractivity contribution in [2.45, 2.75) is 55.3 Å². The maximum atomic E-state index is 14.2. The van der Waals surface area contributed by atoms with Crippen molar-refractivity contribution in [3.05, 3.63) is 53.1 Å². The van der Waals surface area contributed by atoms with Gasteiger partial charge in [-0.1, -0.05) is 6.42 Å². The molecule has 2 heterocycles. The number of nitrogens with one attached hydrogen (secondary N) is 3. The molecule has 3 aliphatic rings. The minimum Gasteiger partial charge on any atom is -0.325 e. The standard InChI is InChI=1S/C24H27F2N3O3S/c25-17-4-5-21(20(26)13-17)33(31,32)29-18-12-16(3-2-15-6-10-27-11-7-15)22-19(14-18)24(8-1-9-24)23(30)28-22/h4-5,12-15,27,29H,1-3,6-11H2,(H,28,30). The Morgan fingerprint density at radius 1 is 1.09 bits per heavy atom. The lowest BCUT2D eigenvalue weighted by molar-refractivity contribution is -0.123. The predicted octanol–water partition coefficient (Wildman–Crippen LogP) is 4.07. The van der Waals surface area contributed by atoms with Gasteiger partial charge in [0.25, 0.3) is 10.0 Å². The predicted molar refractivity (Wildman–Crippen MR) is 122 cm³/mol. The minimum atomic E-state index is -4.28. The van der Waals surface area contributed by atoms with Crippen LogP contribution in [0, 0.1) is 17.6 Å². The van der Waals surface area contributed by atoms with Gasteiger partial charge in [0.1, 0.15) is 16.5 Å². The van der Waals surface area contributed by atoms with Crippen molar-refractivity contribution >= 4 is 27.3 Å². The number of hydrogen-bond acceptors (Lipinski definition) is 4. The van der Waals surface area contributed by atoms with Crippen LogP contribution in [0.3, 0.4) is 0 Å². The van der Waals surface area contributed by atoms with Gasteiger partial charge in [-0.3, -0.25) is 9.52 Å². The van der Waals surface area contributed by atoms with Crippen LogP contribution in [0.1, 0.15) is 49.7 Å². The maximum absolute atomic E-state index is 14.2. The first-order chi connectivity index (χ1) is 15.8. The number of hydrogen-bond donors (Lipinski definition) is 3. The molecule has 2 fully saturated rings. The minimum absolute atomic E-state index is 0.0311. The lowest BCUT2D eigenvalue weighted by atomic mass is 9.65. The number of carbonyl (C=O) groups excluding carboxylic acids is 1. The average molecular weight is 476 g/mol. The number of aryl methyl sites for hydroxylation is 1. The fourth-order valence-corrected chi connectivity index (χ4v) is 6.40. The monoisotopic (exact) mass is 475 g/mol. The third-order valence-corrected chi connectivity index (χ3v) is 8.75. The first kappa shape index (κ1) is 22.3. The highest BCUT2D eigenvalue weighted by atomic mass is 32.2. The number of rotatable bonds is 6. The Morgan fingerprint density at radius 2 is 1.85 bits per heavy atom. The Balaban J connectivity index is 1.49. The van der Waals surface area contributed by atoms with Crippen molar-refractivity contribution in [3.63, 3.8) is 0 Å². The Kier molecular flexibility index (Phi) is 5.64. The largest absolute Gasteiger partial charge is 0.325 e. The van der Waals surface area contributed by atoms with E-state index in [0.717, 1.165) is 80.6 Å². The molecule has 1 amide bonds. The molecule has 1 saturated heterocycles. The lowest BCUT2D eigenvalue weighted by Gasteiger charge is -2.36. The van der Waals surface area contributed by atoms with Gasteiger partial charge in [0.05, 0.1) is 5.41 Å². The molecule has 1 saturated carbocycles. The number of halogens is 2. The highest BCUT2D eigenvalue weighted by Gasteiger charge is 2.51. The number of sulfonamides is 1. The summed E-state index contributed by atoms with van der Waals surface area (Å²) in [7, 11) is -4.28. The normalized spacial score (nSPS) is 19.8. The fraction of sp³-hybridized carbons (Fsp3) is 0.458. The zero-order valence-corrected chi connectivity index (χ0v) is 19.0. The summed E-state index contributed by atoms with van der Waals surface area (Å²) in [4.78, 5) is 12.2. The molecule has 5 rings (SSSR count). The molecule has 0 unspecified atom stereocenters. The van der Waals surface area contributed by atoms with E-state index in [2.05, 4.69) is 15.4 Å². The van der Waals surface area contributed by atoms with E-state index in [1.54, 1.807) is 12.1 Å². The molecular formula is C24H27F2N3O3S. The number of amides is 1. The van der Waals surface area contributed by atoms with Gasteiger partial charge in [-0.2, -0.15) is 0 Å². The highest BCUT2D eigenvalue weighted by molar-refractivity contribution is 7.92. The second-order valence-electron chi connectivity index (χ2n) is 9.36.